The number of fused-ring (bicyclic) bond motifs is 1. The summed E-state index contributed by atoms with van der Waals surface area (Å²) >= 11 is 5.99. The number of halogens is 1. The molecule has 0 N–H and O–H groups in total. The standard InChI is InChI=1S/C20H18ClNO5/c1-25-20(24)15-12-22(17-8-4-2-6-14(15)17)13-19(23)27-11-10-26-18-9-5-3-7-16(18)21/h2-9,12H,10-11,13H2,1H3. The van der Waals surface area contributed by atoms with Crippen molar-refractivity contribution in [2.45, 2.75) is 6.54 Å². The number of aromatic nitrogens is 1. The van der Waals surface area contributed by atoms with Crippen molar-refractivity contribution in [2.75, 3.05) is 20.3 Å². The third-order valence-corrected chi connectivity index (χ3v) is 4.25. The summed E-state index contributed by atoms with van der Waals surface area (Å²) in [6.45, 7) is 0.256. The highest BCUT2D eigenvalue weighted by Crippen LogP contribution is 2.23. The van der Waals surface area contributed by atoms with Crippen LogP contribution >= 0.6 is 11.6 Å². The van der Waals surface area contributed by atoms with Gasteiger partial charge in [-0.25, -0.2) is 4.79 Å². The summed E-state index contributed by atoms with van der Waals surface area (Å²) in [5, 5.41) is 1.22. The van der Waals surface area contributed by atoms with Gasteiger partial charge in [0, 0.05) is 17.1 Å². The Kier molecular flexibility index (Phi) is 5.98. The zero-order valence-electron chi connectivity index (χ0n) is 14.7. The van der Waals surface area contributed by atoms with Crippen LogP contribution in [-0.4, -0.2) is 36.8 Å². The van der Waals surface area contributed by atoms with Gasteiger partial charge in [-0.2, -0.15) is 0 Å². The predicted octanol–water partition coefficient (Wildman–Crippen LogP) is 3.70. The molecule has 2 aromatic carbocycles. The highest BCUT2D eigenvalue weighted by atomic mass is 35.5. The summed E-state index contributed by atoms with van der Waals surface area (Å²) in [4.78, 5) is 24.1. The van der Waals surface area contributed by atoms with Crippen LogP contribution in [-0.2, 0) is 20.8 Å². The van der Waals surface area contributed by atoms with Crippen LogP contribution in [0.3, 0.4) is 0 Å². The average molecular weight is 388 g/mol. The summed E-state index contributed by atoms with van der Waals surface area (Å²) in [5.41, 5.74) is 1.16. The Morgan fingerprint density at radius 1 is 1.04 bits per heavy atom. The van der Waals surface area contributed by atoms with E-state index in [9.17, 15) is 9.59 Å². The molecule has 0 fully saturated rings. The molecule has 1 heterocycles. The number of methoxy groups -OCH3 is 1. The number of benzene rings is 2. The van der Waals surface area contributed by atoms with Gasteiger partial charge < -0.3 is 18.8 Å². The van der Waals surface area contributed by atoms with E-state index in [0.29, 0.717) is 16.3 Å². The maximum absolute atomic E-state index is 12.1. The second-order valence-corrected chi connectivity index (χ2v) is 6.09. The zero-order valence-corrected chi connectivity index (χ0v) is 15.4. The molecule has 0 saturated carbocycles. The Bertz CT molecular complexity index is 966. The van der Waals surface area contributed by atoms with Crippen LogP contribution in [0, 0.1) is 0 Å². The normalized spacial score (nSPS) is 10.6. The summed E-state index contributed by atoms with van der Waals surface area (Å²) in [6, 6.07) is 14.4. The fourth-order valence-corrected chi connectivity index (χ4v) is 2.89. The lowest BCUT2D eigenvalue weighted by Crippen LogP contribution is -2.17. The van der Waals surface area contributed by atoms with Gasteiger partial charge in [-0.15, -0.1) is 0 Å². The minimum atomic E-state index is -0.452. The molecule has 0 radical (unpaired) electrons. The van der Waals surface area contributed by atoms with Crippen LogP contribution in [0.1, 0.15) is 10.4 Å². The van der Waals surface area contributed by atoms with E-state index in [1.807, 2.05) is 24.3 Å². The van der Waals surface area contributed by atoms with Crippen LogP contribution in [0.25, 0.3) is 10.9 Å². The van der Waals surface area contributed by atoms with Crippen molar-refractivity contribution in [3.05, 3.63) is 65.3 Å². The number of hydrogen-bond acceptors (Lipinski definition) is 5. The average Bonchev–Trinajstić information content (AvgIpc) is 3.04. The Morgan fingerprint density at radius 2 is 1.78 bits per heavy atom. The highest BCUT2D eigenvalue weighted by molar-refractivity contribution is 6.32. The highest BCUT2D eigenvalue weighted by Gasteiger charge is 2.17. The number of carbonyl (C=O) groups excluding carboxylic acids is 2. The van der Waals surface area contributed by atoms with Crippen molar-refractivity contribution in [1.29, 1.82) is 0 Å². The molecule has 7 heteroatoms. The van der Waals surface area contributed by atoms with Crippen molar-refractivity contribution < 1.29 is 23.8 Å². The molecule has 0 unspecified atom stereocenters. The lowest BCUT2D eigenvalue weighted by molar-refractivity contribution is -0.145. The molecule has 3 rings (SSSR count). The molecule has 0 aliphatic rings. The molecule has 3 aromatic rings. The third kappa shape index (κ3) is 4.41. The maximum atomic E-state index is 12.1. The second-order valence-electron chi connectivity index (χ2n) is 5.68. The monoisotopic (exact) mass is 387 g/mol. The van der Waals surface area contributed by atoms with Gasteiger partial charge in [0.25, 0.3) is 0 Å². The van der Waals surface area contributed by atoms with Gasteiger partial charge in [0.1, 0.15) is 25.5 Å². The predicted molar refractivity (Wildman–Crippen MR) is 101 cm³/mol. The van der Waals surface area contributed by atoms with Gasteiger partial charge in [-0.05, 0) is 18.2 Å². The minimum Gasteiger partial charge on any atom is -0.488 e. The van der Waals surface area contributed by atoms with Gasteiger partial charge in [-0.1, -0.05) is 41.9 Å². The first kappa shape index (κ1) is 18.8. The molecule has 6 nitrogen and oxygen atoms in total. The number of para-hydroxylation sites is 2. The number of hydrogen-bond donors (Lipinski definition) is 0. The van der Waals surface area contributed by atoms with E-state index in [1.165, 1.54) is 7.11 Å². The van der Waals surface area contributed by atoms with Crippen molar-refractivity contribution in [2.24, 2.45) is 0 Å². The van der Waals surface area contributed by atoms with Crippen LogP contribution < -0.4 is 4.74 Å². The van der Waals surface area contributed by atoms with Crippen molar-refractivity contribution in [3.8, 4) is 5.75 Å². The SMILES string of the molecule is COC(=O)c1cn(CC(=O)OCCOc2ccccc2Cl)c2ccccc12. The Labute approximate surface area is 161 Å². The van der Waals surface area contributed by atoms with E-state index in [-0.39, 0.29) is 19.8 Å². The lowest BCUT2D eigenvalue weighted by Gasteiger charge is -2.09. The fourth-order valence-electron chi connectivity index (χ4n) is 2.70. The Morgan fingerprint density at radius 3 is 2.56 bits per heavy atom. The van der Waals surface area contributed by atoms with Gasteiger partial charge in [-0.3, -0.25) is 4.79 Å². The maximum Gasteiger partial charge on any atom is 0.340 e. The number of esters is 2. The van der Waals surface area contributed by atoms with Crippen molar-refractivity contribution in [3.63, 3.8) is 0 Å². The van der Waals surface area contributed by atoms with Gasteiger partial charge in [0.2, 0.25) is 0 Å². The molecule has 0 spiro atoms. The molecule has 0 atom stereocenters. The molecule has 0 aliphatic heterocycles. The molecule has 0 amide bonds. The summed E-state index contributed by atoms with van der Waals surface area (Å²) < 4.78 is 17.2. The first-order valence-corrected chi connectivity index (χ1v) is 8.67. The van der Waals surface area contributed by atoms with Crippen molar-refractivity contribution >= 4 is 34.4 Å². The topological polar surface area (TPSA) is 66.8 Å². The van der Waals surface area contributed by atoms with Crippen LogP contribution in [0.4, 0.5) is 0 Å². The quantitative estimate of drug-likeness (QED) is 0.456. The molecule has 0 saturated heterocycles. The van der Waals surface area contributed by atoms with E-state index in [1.54, 1.807) is 35.0 Å². The van der Waals surface area contributed by atoms with E-state index in [0.717, 1.165) is 10.9 Å². The van der Waals surface area contributed by atoms with Crippen LogP contribution in [0.15, 0.2) is 54.7 Å². The van der Waals surface area contributed by atoms with Crippen LogP contribution in [0.5, 0.6) is 5.75 Å². The van der Waals surface area contributed by atoms with Gasteiger partial charge >= 0.3 is 11.9 Å². The third-order valence-electron chi connectivity index (χ3n) is 3.93. The van der Waals surface area contributed by atoms with Crippen LogP contribution in [0.2, 0.25) is 5.02 Å². The number of nitrogens with zero attached hydrogens (tertiary/aromatic N) is 1. The van der Waals surface area contributed by atoms with Gasteiger partial charge in [0.15, 0.2) is 0 Å². The number of ether oxygens (including phenoxy) is 3. The van der Waals surface area contributed by atoms with E-state index >= 15 is 0 Å². The summed E-state index contributed by atoms with van der Waals surface area (Å²) in [5.74, 6) is -0.351. The minimum absolute atomic E-state index is 0.0242. The summed E-state index contributed by atoms with van der Waals surface area (Å²) in [6.07, 6.45) is 1.60. The lowest BCUT2D eigenvalue weighted by atomic mass is 10.2. The molecule has 0 bridgehead atoms. The molecule has 0 aliphatic carbocycles. The Hall–Kier alpha value is -2.99. The Balaban J connectivity index is 1.59. The zero-order chi connectivity index (χ0) is 19.2. The van der Waals surface area contributed by atoms with E-state index in [2.05, 4.69) is 0 Å². The molecular formula is C20H18ClNO5. The molecular weight excluding hydrogens is 370 g/mol. The smallest absolute Gasteiger partial charge is 0.340 e. The van der Waals surface area contributed by atoms with Crippen molar-refractivity contribution in [1.82, 2.24) is 4.57 Å². The van der Waals surface area contributed by atoms with E-state index in [4.69, 9.17) is 25.8 Å². The fraction of sp³-hybridized carbons (Fsp3) is 0.200. The molecule has 1 aromatic heterocycles. The number of carbonyl (C=O) groups is 2. The molecule has 27 heavy (non-hydrogen) atoms. The molecule has 140 valence electrons. The largest absolute Gasteiger partial charge is 0.488 e. The summed E-state index contributed by atoms with van der Waals surface area (Å²) in [7, 11) is 1.32. The second kappa shape index (κ2) is 8.60. The van der Waals surface area contributed by atoms with Gasteiger partial charge in [0.05, 0.1) is 17.7 Å². The first-order chi connectivity index (χ1) is 13.1. The first-order valence-electron chi connectivity index (χ1n) is 8.29. The van der Waals surface area contributed by atoms with E-state index < -0.39 is 11.9 Å². The number of rotatable bonds is 7.